The lowest BCUT2D eigenvalue weighted by Crippen LogP contribution is -2.40. The molecule has 2 aromatic carbocycles. The lowest BCUT2D eigenvalue weighted by Gasteiger charge is -2.26. The summed E-state index contributed by atoms with van der Waals surface area (Å²) >= 11 is 10.3. The van der Waals surface area contributed by atoms with Crippen LogP contribution in [0.2, 0.25) is 5.02 Å². The molecule has 0 spiro atoms. The summed E-state index contributed by atoms with van der Waals surface area (Å²) in [5, 5.41) is 23.4. The first-order chi connectivity index (χ1) is 21.2. The molecule has 0 atom stereocenters. The number of hydrogen-bond acceptors (Lipinski definition) is 12. The van der Waals surface area contributed by atoms with Gasteiger partial charge in [-0.05, 0) is 48.2 Å². The molecule has 232 valence electrons. The van der Waals surface area contributed by atoms with E-state index in [1.54, 1.807) is 34.5 Å². The van der Waals surface area contributed by atoms with Crippen LogP contribution in [0.15, 0.2) is 62.9 Å². The summed E-state index contributed by atoms with van der Waals surface area (Å²) in [5.41, 5.74) is 0.931. The molecular weight excluding hydrogens is 668 g/mol. The second-order valence-electron chi connectivity index (χ2n) is 9.08. The molecule has 0 radical (unpaired) electrons. The van der Waals surface area contributed by atoms with Crippen LogP contribution in [0.1, 0.15) is 23.1 Å². The highest BCUT2D eigenvalue weighted by atomic mass is 35.5. The second kappa shape index (κ2) is 14.8. The monoisotopic (exact) mass is 694 g/mol. The number of anilines is 1. The Labute approximate surface area is 271 Å². The molecule has 1 aliphatic rings. The molecule has 5 rings (SSSR count). The van der Waals surface area contributed by atoms with E-state index in [1.807, 2.05) is 13.0 Å². The Morgan fingerprint density at radius 1 is 1.05 bits per heavy atom. The molecule has 2 aromatic heterocycles. The van der Waals surface area contributed by atoms with Crippen LogP contribution in [0.4, 0.5) is 5.13 Å². The van der Waals surface area contributed by atoms with Gasteiger partial charge in [0.2, 0.25) is 21.1 Å². The number of nitrogens with one attached hydrogen (secondary N) is 2. The van der Waals surface area contributed by atoms with Gasteiger partial charge in [-0.2, -0.15) is 4.31 Å². The van der Waals surface area contributed by atoms with Gasteiger partial charge >= 0.3 is 0 Å². The Balaban J connectivity index is 1.26. The van der Waals surface area contributed by atoms with E-state index in [-0.39, 0.29) is 41.8 Å². The summed E-state index contributed by atoms with van der Waals surface area (Å²) in [6, 6.07) is 12.8. The molecule has 1 saturated heterocycles. The van der Waals surface area contributed by atoms with Crippen molar-refractivity contribution in [2.75, 3.05) is 43.1 Å². The fourth-order valence-electron chi connectivity index (χ4n) is 4.09. The number of carbonyl (C=O) groups excluding carboxylic acids is 2. The number of benzene rings is 2. The molecule has 44 heavy (non-hydrogen) atoms. The summed E-state index contributed by atoms with van der Waals surface area (Å²) in [6.07, 6.45) is 0. The average molecular weight is 695 g/mol. The van der Waals surface area contributed by atoms with Gasteiger partial charge in [0.15, 0.2) is 15.3 Å². The minimum absolute atomic E-state index is 0.00158. The third-order valence-electron chi connectivity index (χ3n) is 6.15. The van der Waals surface area contributed by atoms with Crippen molar-refractivity contribution in [3.63, 3.8) is 0 Å². The number of carbonyl (C=O) groups is 2. The zero-order valence-electron chi connectivity index (χ0n) is 23.3. The number of ether oxygens (including phenoxy) is 1. The van der Waals surface area contributed by atoms with Gasteiger partial charge < -0.3 is 10.1 Å². The first-order valence-corrected chi connectivity index (χ1v) is 17.9. The number of amides is 2. The van der Waals surface area contributed by atoms with Crippen LogP contribution in [-0.2, 0) is 26.1 Å². The molecule has 1 fully saturated rings. The van der Waals surface area contributed by atoms with Crippen molar-refractivity contribution < 1.29 is 22.7 Å². The lowest BCUT2D eigenvalue weighted by atomic mass is 10.2. The molecule has 0 saturated carbocycles. The largest absolute Gasteiger partial charge is 0.379 e. The molecule has 1 aliphatic heterocycles. The topological polar surface area (TPSA) is 161 Å². The van der Waals surface area contributed by atoms with Gasteiger partial charge in [-0.15, -0.1) is 20.4 Å². The lowest BCUT2D eigenvalue weighted by molar-refractivity contribution is -0.113. The van der Waals surface area contributed by atoms with Gasteiger partial charge in [-0.3, -0.25) is 19.5 Å². The van der Waals surface area contributed by atoms with Crippen LogP contribution < -0.4 is 10.6 Å². The Morgan fingerprint density at radius 3 is 2.55 bits per heavy atom. The van der Waals surface area contributed by atoms with Crippen molar-refractivity contribution >= 4 is 73.4 Å². The van der Waals surface area contributed by atoms with Crippen molar-refractivity contribution in [2.24, 2.45) is 0 Å². The van der Waals surface area contributed by atoms with E-state index in [0.29, 0.717) is 40.0 Å². The molecule has 3 heterocycles. The molecule has 2 amide bonds. The molecular formula is C26H27ClN8O5S4. The molecule has 0 aliphatic carbocycles. The van der Waals surface area contributed by atoms with E-state index >= 15 is 0 Å². The standard InChI is InChI=1S/C26H27ClN8O5S4/c1-2-41-26-33-31-24(43-26)29-22(36)16-42-25-32-30-21(35(25)19-5-3-4-18(27)14-19)15-28-23(37)17-6-8-20(9-7-17)44(38,39)34-10-12-40-13-11-34/h3-9,14H,2,10-13,15-16H2,1H3,(H,28,37)(H,29,31,36). The van der Waals surface area contributed by atoms with E-state index in [9.17, 15) is 18.0 Å². The molecule has 13 nitrogen and oxygen atoms in total. The van der Waals surface area contributed by atoms with Crippen LogP contribution in [0.5, 0.6) is 0 Å². The smallest absolute Gasteiger partial charge is 0.251 e. The number of rotatable bonds is 12. The third-order valence-corrected chi connectivity index (χ3v) is 11.1. The van der Waals surface area contributed by atoms with Crippen molar-refractivity contribution in [3.05, 3.63) is 64.9 Å². The molecule has 0 unspecified atom stereocenters. The van der Waals surface area contributed by atoms with Crippen LogP contribution in [-0.4, -0.2) is 87.3 Å². The summed E-state index contributed by atoms with van der Waals surface area (Å²) in [6.45, 7) is 3.27. The SMILES string of the molecule is CCSc1nnc(NC(=O)CSc2nnc(CNC(=O)c3ccc(S(=O)(=O)N4CCOCC4)cc3)n2-c2cccc(Cl)c2)s1. The van der Waals surface area contributed by atoms with Crippen LogP contribution >= 0.6 is 46.5 Å². The number of sulfonamides is 1. The Kier molecular flexibility index (Phi) is 10.9. The van der Waals surface area contributed by atoms with Gasteiger partial charge in [-0.1, -0.05) is 59.5 Å². The number of halogens is 1. The van der Waals surface area contributed by atoms with Crippen LogP contribution in [0, 0.1) is 0 Å². The Bertz CT molecular complexity index is 1730. The second-order valence-corrected chi connectivity index (χ2v) is 14.9. The highest BCUT2D eigenvalue weighted by Gasteiger charge is 2.26. The molecule has 18 heteroatoms. The minimum Gasteiger partial charge on any atom is -0.379 e. The molecule has 2 N–H and O–H groups in total. The van der Waals surface area contributed by atoms with Crippen molar-refractivity contribution in [2.45, 2.75) is 27.9 Å². The highest BCUT2D eigenvalue weighted by Crippen LogP contribution is 2.27. The van der Waals surface area contributed by atoms with Gasteiger partial charge in [-0.25, -0.2) is 8.42 Å². The van der Waals surface area contributed by atoms with Crippen molar-refractivity contribution in [3.8, 4) is 5.69 Å². The van der Waals surface area contributed by atoms with E-state index in [4.69, 9.17) is 16.3 Å². The number of aromatic nitrogens is 5. The van der Waals surface area contributed by atoms with Crippen LogP contribution in [0.3, 0.4) is 0 Å². The predicted molar refractivity (Wildman–Crippen MR) is 169 cm³/mol. The Morgan fingerprint density at radius 2 is 1.82 bits per heavy atom. The number of hydrogen-bond donors (Lipinski definition) is 2. The zero-order valence-corrected chi connectivity index (χ0v) is 27.3. The van der Waals surface area contributed by atoms with E-state index in [0.717, 1.165) is 21.9 Å². The van der Waals surface area contributed by atoms with Crippen molar-refractivity contribution in [1.29, 1.82) is 0 Å². The first kappa shape index (κ1) is 32.3. The third kappa shape index (κ3) is 7.96. The number of nitrogens with zero attached hydrogens (tertiary/aromatic N) is 6. The maximum atomic E-state index is 13.0. The average Bonchev–Trinajstić information content (AvgIpc) is 3.65. The highest BCUT2D eigenvalue weighted by molar-refractivity contribution is 8.01. The van der Waals surface area contributed by atoms with E-state index < -0.39 is 15.9 Å². The molecule has 4 aromatic rings. The summed E-state index contributed by atoms with van der Waals surface area (Å²) < 4.78 is 34.9. The summed E-state index contributed by atoms with van der Waals surface area (Å²) in [4.78, 5) is 25.7. The van der Waals surface area contributed by atoms with Gasteiger partial charge in [0.25, 0.3) is 5.91 Å². The van der Waals surface area contributed by atoms with Gasteiger partial charge in [0.05, 0.1) is 36.1 Å². The van der Waals surface area contributed by atoms with Gasteiger partial charge in [0, 0.05) is 23.7 Å². The summed E-state index contributed by atoms with van der Waals surface area (Å²) in [7, 11) is -3.68. The molecule has 0 bridgehead atoms. The predicted octanol–water partition coefficient (Wildman–Crippen LogP) is 3.57. The number of thioether (sulfide) groups is 2. The van der Waals surface area contributed by atoms with E-state index in [2.05, 4.69) is 31.0 Å². The first-order valence-electron chi connectivity index (χ1n) is 13.3. The Hall–Kier alpha value is -3.06. The van der Waals surface area contributed by atoms with Crippen LogP contribution in [0.25, 0.3) is 5.69 Å². The zero-order chi connectivity index (χ0) is 31.1. The quantitative estimate of drug-likeness (QED) is 0.165. The minimum atomic E-state index is -3.68. The van der Waals surface area contributed by atoms with Gasteiger partial charge in [0.1, 0.15) is 0 Å². The fourth-order valence-corrected chi connectivity index (χ4v) is 8.11. The maximum absolute atomic E-state index is 13.0. The maximum Gasteiger partial charge on any atom is 0.251 e. The fraction of sp³-hybridized carbons (Fsp3) is 0.308. The number of morpholine rings is 1. The summed E-state index contributed by atoms with van der Waals surface area (Å²) in [5.74, 6) is 0.578. The van der Waals surface area contributed by atoms with Crippen molar-refractivity contribution in [1.82, 2.24) is 34.6 Å². The normalized spacial score (nSPS) is 14.0. The van der Waals surface area contributed by atoms with E-state index in [1.165, 1.54) is 39.9 Å².